The van der Waals surface area contributed by atoms with Gasteiger partial charge in [0.25, 0.3) is 0 Å². The van der Waals surface area contributed by atoms with E-state index in [2.05, 4.69) is 31.3 Å². The summed E-state index contributed by atoms with van der Waals surface area (Å²) in [6, 6.07) is -1.25. The van der Waals surface area contributed by atoms with Gasteiger partial charge in [0.2, 0.25) is 5.91 Å². The normalized spacial score (nSPS) is 23.8. The van der Waals surface area contributed by atoms with Crippen LogP contribution in [-0.2, 0) is 18.4 Å². The second-order valence-electron chi connectivity index (χ2n) is 16.8. The number of hydrogen-bond acceptors (Lipinski definition) is 11. The SMILES string of the molecule is CCCCCCCCCCCCCCCC/C=C/CC/C=C/C(O)C(COP(=O)(O)OC1C(O)C(O)C(O)C(O)C1O)NC(=O)CC(O)CCCCCCCCCCC. The Morgan fingerprint density at radius 2 is 1.00 bits per heavy atom. The number of hydrogen-bond donors (Lipinski definition) is 9. The topological polar surface area (TPSA) is 226 Å². The zero-order valence-corrected chi connectivity index (χ0v) is 37.6. The van der Waals surface area contributed by atoms with Gasteiger partial charge >= 0.3 is 7.82 Å². The van der Waals surface area contributed by atoms with E-state index in [0.717, 1.165) is 44.9 Å². The number of nitrogens with one attached hydrogen (secondary N) is 1. The standard InChI is InChI=1S/C45H86NO12P/c1-3-5-7-9-11-13-14-15-16-17-18-19-20-21-22-23-25-27-29-31-33-38(48)37(46-39(49)34-36(47)32-30-28-26-24-12-10-8-6-4-2)35-57-59(55,56)58-45-43(53)41(51)40(50)42(52)44(45)54/h23,25,31,33,36-38,40-45,47-48,50-54H,3-22,24,26-30,32,34-35H2,1-2H3,(H,46,49)(H,55,56)/b25-23+,33-31+. The molecule has 0 aliphatic heterocycles. The summed E-state index contributed by atoms with van der Waals surface area (Å²) in [5.74, 6) is -0.604. The van der Waals surface area contributed by atoms with Crippen molar-refractivity contribution in [2.45, 2.75) is 249 Å². The number of carbonyl (C=O) groups excluding carboxylic acids is 1. The molecule has 14 heteroatoms. The van der Waals surface area contributed by atoms with Crippen LogP contribution in [0.3, 0.4) is 0 Å². The molecular weight excluding hydrogens is 777 g/mol. The van der Waals surface area contributed by atoms with Crippen molar-refractivity contribution < 1.29 is 59.0 Å². The molecule has 0 aromatic heterocycles. The molecule has 1 saturated carbocycles. The molecule has 8 atom stereocenters. The molecule has 8 unspecified atom stereocenters. The van der Waals surface area contributed by atoms with E-state index in [9.17, 15) is 50.0 Å². The Kier molecular flexibility index (Phi) is 33.3. The van der Waals surface area contributed by atoms with Gasteiger partial charge in [-0.3, -0.25) is 13.8 Å². The summed E-state index contributed by atoms with van der Waals surface area (Å²) in [6.45, 7) is 3.70. The minimum atomic E-state index is -5.14. The van der Waals surface area contributed by atoms with Gasteiger partial charge in [0.15, 0.2) is 0 Å². The summed E-state index contributed by atoms with van der Waals surface area (Å²) in [4.78, 5) is 23.4. The molecule has 0 saturated heterocycles. The summed E-state index contributed by atoms with van der Waals surface area (Å²) in [6.07, 6.45) is 24.3. The predicted molar refractivity (Wildman–Crippen MR) is 234 cm³/mol. The summed E-state index contributed by atoms with van der Waals surface area (Å²) in [5, 5.41) is 74.3. The average Bonchev–Trinajstić information content (AvgIpc) is 3.21. The van der Waals surface area contributed by atoms with Crippen molar-refractivity contribution in [3.8, 4) is 0 Å². The number of phosphoric acid groups is 1. The molecule has 0 radical (unpaired) electrons. The zero-order valence-electron chi connectivity index (χ0n) is 36.7. The largest absolute Gasteiger partial charge is 0.472 e. The van der Waals surface area contributed by atoms with E-state index in [4.69, 9.17) is 9.05 Å². The molecule has 0 bridgehead atoms. The lowest BCUT2D eigenvalue weighted by Gasteiger charge is -2.41. The van der Waals surface area contributed by atoms with Gasteiger partial charge in [-0.2, -0.15) is 0 Å². The Bertz CT molecular complexity index is 1110. The van der Waals surface area contributed by atoms with Crippen LogP contribution in [0.15, 0.2) is 24.3 Å². The Morgan fingerprint density at radius 1 is 0.593 bits per heavy atom. The highest BCUT2D eigenvalue weighted by Gasteiger charge is 2.51. The van der Waals surface area contributed by atoms with Crippen LogP contribution < -0.4 is 5.32 Å². The highest BCUT2D eigenvalue weighted by atomic mass is 31.2. The van der Waals surface area contributed by atoms with Gasteiger partial charge in [0.1, 0.15) is 36.6 Å². The lowest BCUT2D eigenvalue weighted by Crippen LogP contribution is -2.64. The number of rotatable bonds is 38. The first-order valence-corrected chi connectivity index (χ1v) is 24.9. The molecule has 348 valence electrons. The third-order valence-corrected chi connectivity index (χ3v) is 12.3. The molecular formula is C45H86NO12P. The van der Waals surface area contributed by atoms with E-state index in [0.29, 0.717) is 12.8 Å². The highest BCUT2D eigenvalue weighted by Crippen LogP contribution is 2.47. The molecule has 13 nitrogen and oxygen atoms in total. The number of aliphatic hydroxyl groups excluding tert-OH is 7. The van der Waals surface area contributed by atoms with Crippen molar-refractivity contribution in [1.82, 2.24) is 5.32 Å². The average molecular weight is 864 g/mol. The van der Waals surface area contributed by atoms with Crippen LogP contribution in [0.2, 0.25) is 0 Å². The van der Waals surface area contributed by atoms with Crippen molar-refractivity contribution >= 4 is 13.7 Å². The van der Waals surface area contributed by atoms with Gasteiger partial charge in [-0.25, -0.2) is 4.57 Å². The van der Waals surface area contributed by atoms with Crippen LogP contribution in [0, 0.1) is 0 Å². The molecule has 0 aromatic carbocycles. The van der Waals surface area contributed by atoms with Crippen LogP contribution >= 0.6 is 7.82 Å². The molecule has 0 spiro atoms. The minimum absolute atomic E-state index is 0.250. The van der Waals surface area contributed by atoms with Gasteiger partial charge in [-0.15, -0.1) is 0 Å². The Hall–Kier alpha value is -1.22. The fourth-order valence-electron chi connectivity index (χ4n) is 7.43. The number of carbonyl (C=O) groups is 1. The first-order valence-electron chi connectivity index (χ1n) is 23.4. The van der Waals surface area contributed by atoms with Crippen molar-refractivity contribution in [1.29, 1.82) is 0 Å². The van der Waals surface area contributed by atoms with Crippen molar-refractivity contribution in [2.24, 2.45) is 0 Å². The fraction of sp³-hybridized carbons (Fsp3) is 0.889. The number of amides is 1. The quantitative estimate of drug-likeness (QED) is 0.0166. The maximum Gasteiger partial charge on any atom is 0.472 e. The highest BCUT2D eigenvalue weighted by molar-refractivity contribution is 7.47. The third kappa shape index (κ3) is 27.5. The molecule has 0 aromatic rings. The van der Waals surface area contributed by atoms with Gasteiger partial charge in [0, 0.05) is 0 Å². The second-order valence-corrected chi connectivity index (χ2v) is 18.2. The first kappa shape index (κ1) is 55.8. The second kappa shape index (κ2) is 35.3. The number of phosphoric ester groups is 1. The molecule has 1 amide bonds. The van der Waals surface area contributed by atoms with Gasteiger partial charge in [-0.05, 0) is 32.1 Å². The summed E-state index contributed by atoms with van der Waals surface area (Å²) >= 11 is 0. The third-order valence-electron chi connectivity index (χ3n) is 11.3. The van der Waals surface area contributed by atoms with E-state index in [1.165, 1.54) is 122 Å². The van der Waals surface area contributed by atoms with Gasteiger partial charge in [0.05, 0.1) is 31.3 Å². The van der Waals surface area contributed by atoms with E-state index in [1.807, 2.05) is 0 Å². The molecule has 1 rings (SSSR count). The summed E-state index contributed by atoms with van der Waals surface area (Å²) < 4.78 is 22.8. The number of aliphatic hydroxyl groups is 7. The number of unbranched alkanes of at least 4 members (excludes halogenated alkanes) is 23. The minimum Gasteiger partial charge on any atom is -0.393 e. The molecule has 1 fully saturated rings. The van der Waals surface area contributed by atoms with Crippen molar-refractivity contribution in [2.75, 3.05) is 6.61 Å². The van der Waals surface area contributed by atoms with E-state index in [-0.39, 0.29) is 6.42 Å². The molecule has 59 heavy (non-hydrogen) atoms. The van der Waals surface area contributed by atoms with Crippen molar-refractivity contribution in [3.05, 3.63) is 24.3 Å². The monoisotopic (exact) mass is 864 g/mol. The predicted octanol–water partition coefficient (Wildman–Crippen LogP) is 7.59. The van der Waals surface area contributed by atoms with E-state index in [1.54, 1.807) is 6.08 Å². The fourth-order valence-corrected chi connectivity index (χ4v) is 8.40. The van der Waals surface area contributed by atoms with Gasteiger partial charge in [-0.1, -0.05) is 179 Å². The van der Waals surface area contributed by atoms with Crippen LogP contribution in [0.4, 0.5) is 0 Å². The van der Waals surface area contributed by atoms with E-state index >= 15 is 0 Å². The molecule has 1 aliphatic carbocycles. The Morgan fingerprint density at radius 3 is 1.49 bits per heavy atom. The van der Waals surface area contributed by atoms with E-state index < -0.39 is 75.2 Å². The lowest BCUT2D eigenvalue weighted by molar-refractivity contribution is -0.220. The Labute approximate surface area is 356 Å². The maximum atomic E-state index is 12.9. The van der Waals surface area contributed by atoms with Gasteiger partial charge < -0.3 is 46.0 Å². The number of allylic oxidation sites excluding steroid dienone is 3. The Balaban J connectivity index is 2.55. The summed E-state index contributed by atoms with van der Waals surface area (Å²) in [5.41, 5.74) is 0. The summed E-state index contributed by atoms with van der Waals surface area (Å²) in [7, 11) is -5.14. The van der Waals surface area contributed by atoms with Crippen LogP contribution in [0.5, 0.6) is 0 Å². The maximum absolute atomic E-state index is 12.9. The molecule has 0 heterocycles. The van der Waals surface area contributed by atoms with Crippen LogP contribution in [0.25, 0.3) is 0 Å². The molecule has 9 N–H and O–H groups in total. The van der Waals surface area contributed by atoms with Crippen LogP contribution in [0.1, 0.15) is 194 Å². The lowest BCUT2D eigenvalue weighted by atomic mass is 9.85. The van der Waals surface area contributed by atoms with Crippen molar-refractivity contribution in [3.63, 3.8) is 0 Å². The zero-order chi connectivity index (χ0) is 43.7. The molecule has 1 aliphatic rings. The smallest absolute Gasteiger partial charge is 0.393 e. The first-order chi connectivity index (χ1) is 28.3. The van der Waals surface area contributed by atoms with Crippen LogP contribution in [-0.4, -0.2) is 108 Å².